The van der Waals surface area contributed by atoms with Crippen LogP contribution >= 0.6 is 0 Å². The molecule has 3 amide bonds. The van der Waals surface area contributed by atoms with E-state index in [1.54, 1.807) is 29.2 Å². The minimum absolute atomic E-state index is 0.0507. The average molecular weight is 333 g/mol. The fourth-order valence-corrected chi connectivity index (χ4v) is 2.74. The molecule has 1 saturated heterocycles. The number of anilines is 1. The summed E-state index contributed by atoms with van der Waals surface area (Å²) in [6.07, 6.45) is 1.43. The van der Waals surface area contributed by atoms with Gasteiger partial charge in [-0.05, 0) is 31.0 Å². The molecule has 1 heterocycles. The van der Waals surface area contributed by atoms with E-state index in [4.69, 9.17) is 4.74 Å². The molecule has 0 aliphatic carbocycles. The number of hydrogen-bond acceptors (Lipinski definition) is 4. The number of likely N-dealkylation sites (tertiary alicyclic amines) is 1. The van der Waals surface area contributed by atoms with Crippen molar-refractivity contribution in [2.45, 2.75) is 25.8 Å². The minimum atomic E-state index is -0.174. The van der Waals surface area contributed by atoms with Crippen molar-refractivity contribution in [3.05, 3.63) is 29.8 Å². The third-order valence-electron chi connectivity index (χ3n) is 3.85. The highest BCUT2D eigenvalue weighted by Crippen LogP contribution is 2.17. The van der Waals surface area contributed by atoms with Gasteiger partial charge >= 0.3 is 0 Å². The summed E-state index contributed by atoms with van der Waals surface area (Å²) in [6, 6.07) is 6.98. The molecule has 0 aromatic heterocycles. The summed E-state index contributed by atoms with van der Waals surface area (Å²) in [5.41, 5.74) is 1.15. The number of methoxy groups -OCH3 is 1. The maximum Gasteiger partial charge on any atom is 0.253 e. The van der Waals surface area contributed by atoms with Crippen molar-refractivity contribution in [1.29, 1.82) is 0 Å². The van der Waals surface area contributed by atoms with Crippen LogP contribution < -0.4 is 10.6 Å². The van der Waals surface area contributed by atoms with E-state index >= 15 is 0 Å². The zero-order chi connectivity index (χ0) is 17.5. The number of nitrogens with one attached hydrogen (secondary N) is 2. The van der Waals surface area contributed by atoms with Gasteiger partial charge in [-0.15, -0.1) is 0 Å². The van der Waals surface area contributed by atoms with E-state index in [0.29, 0.717) is 37.2 Å². The largest absolute Gasteiger partial charge is 0.375 e. The second-order valence-electron chi connectivity index (χ2n) is 5.83. The first-order valence-corrected chi connectivity index (χ1v) is 7.95. The van der Waals surface area contributed by atoms with Gasteiger partial charge in [-0.3, -0.25) is 14.4 Å². The van der Waals surface area contributed by atoms with Crippen molar-refractivity contribution in [3.8, 4) is 0 Å². The van der Waals surface area contributed by atoms with E-state index in [-0.39, 0.29) is 30.4 Å². The van der Waals surface area contributed by atoms with Gasteiger partial charge < -0.3 is 20.3 Å². The van der Waals surface area contributed by atoms with Crippen LogP contribution in [-0.4, -0.2) is 55.5 Å². The molecule has 0 atom stereocenters. The molecule has 0 unspecified atom stereocenters. The molecule has 1 aromatic rings. The normalized spacial score (nSPS) is 15.0. The Morgan fingerprint density at radius 1 is 1.25 bits per heavy atom. The molecule has 2 rings (SSSR count). The van der Waals surface area contributed by atoms with E-state index in [1.165, 1.54) is 14.0 Å². The summed E-state index contributed by atoms with van der Waals surface area (Å²) >= 11 is 0. The maximum atomic E-state index is 12.6. The zero-order valence-electron chi connectivity index (χ0n) is 14.0. The first-order chi connectivity index (χ1) is 11.5. The molecule has 1 aliphatic heterocycles. The first-order valence-electron chi connectivity index (χ1n) is 7.95. The van der Waals surface area contributed by atoms with Crippen LogP contribution in [0.25, 0.3) is 0 Å². The van der Waals surface area contributed by atoms with Crippen molar-refractivity contribution in [2.75, 3.05) is 32.1 Å². The number of benzene rings is 1. The molecule has 0 radical (unpaired) electrons. The Kier molecular flexibility index (Phi) is 6.31. The second kappa shape index (κ2) is 8.44. The van der Waals surface area contributed by atoms with Crippen LogP contribution in [0.15, 0.2) is 24.3 Å². The van der Waals surface area contributed by atoms with Crippen molar-refractivity contribution in [2.24, 2.45) is 0 Å². The molecule has 7 heteroatoms. The van der Waals surface area contributed by atoms with Crippen LogP contribution in [0.3, 0.4) is 0 Å². The highest BCUT2D eigenvalue weighted by molar-refractivity contribution is 5.96. The third-order valence-corrected chi connectivity index (χ3v) is 3.85. The smallest absolute Gasteiger partial charge is 0.253 e. The van der Waals surface area contributed by atoms with E-state index < -0.39 is 0 Å². The van der Waals surface area contributed by atoms with Gasteiger partial charge in [0.25, 0.3) is 5.91 Å². The van der Waals surface area contributed by atoms with Gasteiger partial charge in [0, 0.05) is 44.4 Å². The molecule has 1 aromatic carbocycles. The van der Waals surface area contributed by atoms with E-state index in [0.717, 1.165) is 0 Å². The first kappa shape index (κ1) is 17.9. The number of piperidine rings is 1. The summed E-state index contributed by atoms with van der Waals surface area (Å²) in [5, 5.41) is 5.57. The molecule has 1 fully saturated rings. The Bertz CT molecular complexity index is 610. The quantitative estimate of drug-likeness (QED) is 0.842. The number of carbonyl (C=O) groups is 3. The molecule has 24 heavy (non-hydrogen) atoms. The van der Waals surface area contributed by atoms with Gasteiger partial charge in [-0.25, -0.2) is 0 Å². The van der Waals surface area contributed by atoms with Crippen molar-refractivity contribution >= 4 is 23.4 Å². The van der Waals surface area contributed by atoms with Crippen LogP contribution in [0.5, 0.6) is 0 Å². The fraction of sp³-hybridized carbons (Fsp3) is 0.471. The second-order valence-corrected chi connectivity index (χ2v) is 5.83. The predicted octanol–water partition coefficient (Wildman–Crippen LogP) is 1.01. The lowest BCUT2D eigenvalue weighted by molar-refractivity contribution is -0.125. The van der Waals surface area contributed by atoms with Gasteiger partial charge in [0.05, 0.1) is 0 Å². The van der Waals surface area contributed by atoms with Crippen LogP contribution in [0.2, 0.25) is 0 Å². The summed E-state index contributed by atoms with van der Waals surface area (Å²) in [7, 11) is 1.48. The van der Waals surface area contributed by atoms with E-state index in [1.807, 2.05) is 0 Å². The third kappa shape index (κ3) is 5.06. The molecule has 1 aliphatic rings. The monoisotopic (exact) mass is 333 g/mol. The van der Waals surface area contributed by atoms with Gasteiger partial charge in [0.1, 0.15) is 6.61 Å². The molecular formula is C17H23N3O4. The number of rotatable bonds is 5. The topological polar surface area (TPSA) is 87.7 Å². The Morgan fingerprint density at radius 2 is 1.96 bits per heavy atom. The van der Waals surface area contributed by atoms with Gasteiger partial charge in [-0.1, -0.05) is 6.07 Å². The Hall–Kier alpha value is -2.41. The number of amides is 3. The molecule has 130 valence electrons. The summed E-state index contributed by atoms with van der Waals surface area (Å²) in [5.74, 6) is -0.374. The Morgan fingerprint density at radius 3 is 2.58 bits per heavy atom. The van der Waals surface area contributed by atoms with Crippen molar-refractivity contribution < 1.29 is 19.1 Å². The summed E-state index contributed by atoms with van der Waals surface area (Å²) in [4.78, 5) is 37.0. The highest BCUT2D eigenvalue weighted by Gasteiger charge is 2.24. The SMILES string of the molecule is COCC(=O)NC1CCN(C(=O)c2cccc(NC(C)=O)c2)CC1. The van der Waals surface area contributed by atoms with Crippen LogP contribution in [0.4, 0.5) is 5.69 Å². The zero-order valence-corrected chi connectivity index (χ0v) is 14.0. The molecular weight excluding hydrogens is 310 g/mol. The fourth-order valence-electron chi connectivity index (χ4n) is 2.74. The van der Waals surface area contributed by atoms with Gasteiger partial charge in [0.15, 0.2) is 0 Å². The lowest BCUT2D eigenvalue weighted by Gasteiger charge is -2.32. The number of nitrogens with zero attached hydrogens (tertiary/aromatic N) is 1. The van der Waals surface area contributed by atoms with Gasteiger partial charge in [0.2, 0.25) is 11.8 Å². The lowest BCUT2D eigenvalue weighted by Crippen LogP contribution is -2.47. The van der Waals surface area contributed by atoms with Crippen LogP contribution in [0, 0.1) is 0 Å². The minimum Gasteiger partial charge on any atom is -0.375 e. The van der Waals surface area contributed by atoms with Crippen LogP contribution in [0.1, 0.15) is 30.1 Å². The maximum absolute atomic E-state index is 12.6. The van der Waals surface area contributed by atoms with Crippen LogP contribution in [-0.2, 0) is 14.3 Å². The lowest BCUT2D eigenvalue weighted by atomic mass is 10.0. The van der Waals surface area contributed by atoms with E-state index in [2.05, 4.69) is 10.6 Å². The van der Waals surface area contributed by atoms with Crippen molar-refractivity contribution in [1.82, 2.24) is 10.2 Å². The molecule has 2 N–H and O–H groups in total. The standard InChI is InChI=1S/C17H23N3O4/c1-12(21)18-15-5-3-4-13(10-15)17(23)20-8-6-14(7-9-20)19-16(22)11-24-2/h3-5,10,14H,6-9,11H2,1-2H3,(H,18,21)(H,19,22). The number of ether oxygens (including phenoxy) is 1. The van der Waals surface area contributed by atoms with Gasteiger partial charge in [-0.2, -0.15) is 0 Å². The molecule has 0 saturated carbocycles. The molecule has 0 spiro atoms. The number of hydrogen-bond donors (Lipinski definition) is 2. The Balaban J connectivity index is 1.91. The predicted molar refractivity (Wildman–Crippen MR) is 89.7 cm³/mol. The Labute approximate surface area is 141 Å². The molecule has 7 nitrogen and oxygen atoms in total. The highest BCUT2D eigenvalue weighted by atomic mass is 16.5. The average Bonchev–Trinajstić information content (AvgIpc) is 2.55. The van der Waals surface area contributed by atoms with E-state index in [9.17, 15) is 14.4 Å². The summed E-state index contributed by atoms with van der Waals surface area (Å²) in [6.45, 7) is 2.65. The molecule has 0 bridgehead atoms. The van der Waals surface area contributed by atoms with Crippen molar-refractivity contribution in [3.63, 3.8) is 0 Å². The number of carbonyl (C=O) groups excluding carboxylic acids is 3. The summed E-state index contributed by atoms with van der Waals surface area (Å²) < 4.78 is 4.79.